The highest BCUT2D eigenvalue weighted by Crippen LogP contribution is 2.03. The summed E-state index contributed by atoms with van der Waals surface area (Å²) in [5.74, 6) is -0.889. The Morgan fingerprint density at radius 2 is 2.29 bits per heavy atom. The lowest BCUT2D eigenvalue weighted by atomic mass is 10.1. The molecule has 0 fully saturated rings. The summed E-state index contributed by atoms with van der Waals surface area (Å²) in [7, 11) is 0. The molecule has 1 atom stereocenters. The van der Waals surface area contributed by atoms with Crippen molar-refractivity contribution in [3.63, 3.8) is 0 Å². The Hall–Kier alpha value is -1.99. The molecule has 0 aromatic carbocycles. The maximum atomic E-state index is 11.4. The van der Waals surface area contributed by atoms with Crippen LogP contribution in [0.3, 0.4) is 0 Å². The van der Waals surface area contributed by atoms with E-state index in [0.29, 0.717) is 13.0 Å². The SMILES string of the molecule is CC(CCC(=O)O)CNC(=O)Cn1cnnn1. The van der Waals surface area contributed by atoms with Crippen molar-refractivity contribution in [1.29, 1.82) is 0 Å². The van der Waals surface area contributed by atoms with Crippen LogP contribution in [0.1, 0.15) is 19.8 Å². The topological polar surface area (TPSA) is 110 Å². The van der Waals surface area contributed by atoms with Crippen LogP contribution in [0, 0.1) is 5.92 Å². The van der Waals surface area contributed by atoms with Crippen LogP contribution < -0.4 is 5.32 Å². The number of nitrogens with one attached hydrogen (secondary N) is 1. The third kappa shape index (κ3) is 5.59. The zero-order valence-corrected chi connectivity index (χ0v) is 9.54. The van der Waals surface area contributed by atoms with Gasteiger partial charge >= 0.3 is 5.97 Å². The second-order valence-electron chi connectivity index (χ2n) is 3.85. The maximum Gasteiger partial charge on any atom is 0.303 e. The Kier molecular flexibility index (Phi) is 5.05. The third-order valence-corrected chi connectivity index (χ3v) is 2.20. The summed E-state index contributed by atoms with van der Waals surface area (Å²) in [6.45, 7) is 2.41. The van der Waals surface area contributed by atoms with E-state index in [0.717, 1.165) is 0 Å². The molecule has 8 nitrogen and oxygen atoms in total. The van der Waals surface area contributed by atoms with Gasteiger partial charge in [0.2, 0.25) is 5.91 Å². The Bertz CT molecular complexity index is 365. The van der Waals surface area contributed by atoms with E-state index in [2.05, 4.69) is 20.8 Å². The molecule has 0 saturated carbocycles. The van der Waals surface area contributed by atoms with E-state index in [1.165, 1.54) is 11.0 Å². The van der Waals surface area contributed by atoms with Crippen LogP contribution in [0.15, 0.2) is 6.33 Å². The molecule has 17 heavy (non-hydrogen) atoms. The normalized spacial score (nSPS) is 12.1. The van der Waals surface area contributed by atoms with E-state index >= 15 is 0 Å². The van der Waals surface area contributed by atoms with Gasteiger partial charge in [-0.15, -0.1) is 5.10 Å². The van der Waals surface area contributed by atoms with Gasteiger partial charge in [-0.05, 0) is 22.8 Å². The molecule has 1 heterocycles. The van der Waals surface area contributed by atoms with E-state index in [9.17, 15) is 9.59 Å². The molecule has 0 bridgehead atoms. The van der Waals surface area contributed by atoms with Gasteiger partial charge < -0.3 is 10.4 Å². The number of nitrogens with zero attached hydrogens (tertiary/aromatic N) is 4. The van der Waals surface area contributed by atoms with Crippen LogP contribution in [0.2, 0.25) is 0 Å². The molecule has 0 spiro atoms. The van der Waals surface area contributed by atoms with Gasteiger partial charge in [-0.2, -0.15) is 0 Å². The third-order valence-electron chi connectivity index (χ3n) is 2.20. The minimum absolute atomic E-state index is 0.0681. The fourth-order valence-electron chi connectivity index (χ4n) is 1.22. The molecule has 1 rings (SSSR count). The van der Waals surface area contributed by atoms with Gasteiger partial charge in [0.1, 0.15) is 12.9 Å². The smallest absolute Gasteiger partial charge is 0.303 e. The minimum atomic E-state index is -0.822. The number of aromatic nitrogens is 4. The number of amides is 1. The van der Waals surface area contributed by atoms with Gasteiger partial charge in [-0.1, -0.05) is 6.92 Å². The summed E-state index contributed by atoms with van der Waals surface area (Å²) >= 11 is 0. The van der Waals surface area contributed by atoms with Crippen LogP contribution in [0.5, 0.6) is 0 Å². The highest BCUT2D eigenvalue weighted by molar-refractivity contribution is 5.75. The largest absolute Gasteiger partial charge is 0.481 e. The van der Waals surface area contributed by atoms with E-state index in [1.807, 2.05) is 6.92 Å². The van der Waals surface area contributed by atoms with Crippen molar-refractivity contribution in [2.45, 2.75) is 26.3 Å². The molecular formula is C9H15N5O3. The number of hydrogen-bond acceptors (Lipinski definition) is 5. The molecule has 0 aliphatic rings. The average molecular weight is 241 g/mol. The van der Waals surface area contributed by atoms with Crippen LogP contribution in [-0.2, 0) is 16.1 Å². The average Bonchev–Trinajstić information content (AvgIpc) is 2.76. The highest BCUT2D eigenvalue weighted by Gasteiger charge is 2.08. The van der Waals surface area contributed by atoms with Gasteiger partial charge in [0, 0.05) is 13.0 Å². The minimum Gasteiger partial charge on any atom is -0.481 e. The monoisotopic (exact) mass is 241 g/mol. The number of carboxylic acid groups (broad SMARTS) is 1. The van der Waals surface area contributed by atoms with Gasteiger partial charge in [0.05, 0.1) is 0 Å². The molecule has 0 aliphatic carbocycles. The zero-order chi connectivity index (χ0) is 12.7. The Morgan fingerprint density at radius 3 is 2.88 bits per heavy atom. The summed E-state index contributed by atoms with van der Waals surface area (Å²) in [4.78, 5) is 21.7. The molecule has 0 aliphatic heterocycles. The van der Waals surface area contributed by atoms with Crippen molar-refractivity contribution < 1.29 is 14.7 Å². The molecule has 0 radical (unpaired) electrons. The Balaban J connectivity index is 2.17. The summed E-state index contributed by atoms with van der Waals surface area (Å²) in [6, 6.07) is 0. The number of rotatable bonds is 7. The first-order valence-electron chi connectivity index (χ1n) is 5.27. The van der Waals surface area contributed by atoms with Crippen molar-refractivity contribution in [2.75, 3.05) is 6.54 Å². The second-order valence-corrected chi connectivity index (χ2v) is 3.85. The lowest BCUT2D eigenvalue weighted by Crippen LogP contribution is -2.31. The molecule has 0 saturated heterocycles. The molecule has 1 unspecified atom stereocenters. The van der Waals surface area contributed by atoms with E-state index < -0.39 is 5.97 Å². The van der Waals surface area contributed by atoms with Crippen molar-refractivity contribution in [1.82, 2.24) is 25.5 Å². The van der Waals surface area contributed by atoms with Gasteiger partial charge in [0.25, 0.3) is 0 Å². The molecule has 1 aromatic rings. The molecule has 2 N–H and O–H groups in total. The van der Waals surface area contributed by atoms with Crippen LogP contribution in [-0.4, -0.2) is 43.7 Å². The predicted octanol–water partition coefficient (Wildman–Crippen LogP) is -0.710. The number of tetrazole rings is 1. The molecule has 1 aromatic heterocycles. The first kappa shape index (κ1) is 13.1. The molecule has 8 heteroatoms. The van der Waals surface area contributed by atoms with Gasteiger partial charge in [-0.25, -0.2) is 4.68 Å². The Labute approximate surface area is 98.0 Å². The quantitative estimate of drug-likeness (QED) is 0.652. The highest BCUT2D eigenvalue weighted by atomic mass is 16.4. The van der Waals surface area contributed by atoms with Crippen molar-refractivity contribution >= 4 is 11.9 Å². The fraction of sp³-hybridized carbons (Fsp3) is 0.667. The standard InChI is InChI=1S/C9H15N5O3/c1-7(2-3-9(16)17)4-10-8(15)5-14-6-11-12-13-14/h6-7H,2-5H2,1H3,(H,10,15)(H,16,17). The van der Waals surface area contributed by atoms with Crippen molar-refractivity contribution in [3.05, 3.63) is 6.33 Å². The number of carboxylic acids is 1. The lowest BCUT2D eigenvalue weighted by Gasteiger charge is -2.11. The predicted molar refractivity (Wildman–Crippen MR) is 56.9 cm³/mol. The first-order chi connectivity index (χ1) is 8.08. The Morgan fingerprint density at radius 1 is 1.53 bits per heavy atom. The van der Waals surface area contributed by atoms with E-state index in [4.69, 9.17) is 5.11 Å². The van der Waals surface area contributed by atoms with Gasteiger partial charge in [-0.3, -0.25) is 9.59 Å². The summed E-state index contributed by atoms with van der Waals surface area (Å²) in [5.41, 5.74) is 0. The first-order valence-corrected chi connectivity index (χ1v) is 5.27. The number of aliphatic carboxylic acids is 1. The van der Waals surface area contributed by atoms with Crippen LogP contribution in [0.25, 0.3) is 0 Å². The summed E-state index contributed by atoms with van der Waals surface area (Å²) in [6.07, 6.45) is 2.01. The summed E-state index contributed by atoms with van der Waals surface area (Å²) in [5, 5.41) is 21.6. The number of carbonyl (C=O) groups excluding carboxylic acids is 1. The lowest BCUT2D eigenvalue weighted by molar-refractivity contribution is -0.137. The zero-order valence-electron chi connectivity index (χ0n) is 9.54. The van der Waals surface area contributed by atoms with E-state index in [-0.39, 0.29) is 24.8 Å². The molecule has 1 amide bonds. The summed E-state index contributed by atoms with van der Waals surface area (Å²) < 4.78 is 1.32. The molecule has 94 valence electrons. The second kappa shape index (κ2) is 6.56. The number of hydrogen-bond donors (Lipinski definition) is 2. The van der Waals surface area contributed by atoms with Crippen molar-refractivity contribution in [2.24, 2.45) is 5.92 Å². The molecular weight excluding hydrogens is 226 g/mol. The fourth-order valence-corrected chi connectivity index (χ4v) is 1.22. The van der Waals surface area contributed by atoms with E-state index in [1.54, 1.807) is 0 Å². The van der Waals surface area contributed by atoms with Gasteiger partial charge in [0.15, 0.2) is 0 Å². The van der Waals surface area contributed by atoms with Crippen LogP contribution in [0.4, 0.5) is 0 Å². The van der Waals surface area contributed by atoms with Crippen LogP contribution >= 0.6 is 0 Å². The number of carbonyl (C=O) groups is 2. The van der Waals surface area contributed by atoms with Crippen molar-refractivity contribution in [3.8, 4) is 0 Å². The maximum absolute atomic E-state index is 11.4.